The number of aryl methyl sites for hydroxylation is 2. The van der Waals surface area contributed by atoms with Gasteiger partial charge in [-0.1, -0.05) is 31.2 Å². The Morgan fingerprint density at radius 2 is 1.96 bits per heavy atom. The van der Waals surface area contributed by atoms with Crippen LogP contribution in [0.1, 0.15) is 42.9 Å². The van der Waals surface area contributed by atoms with E-state index in [0.717, 1.165) is 12.2 Å². The molecule has 0 bridgehead atoms. The standard InChI is InChI=1S/C18H28N6O/c1-6-14-7-9-15(10-8-14)16(23(3)4)11-19-18(25)21-13(2)17-22-20-12-24(17)5/h7-10,12-13,16H,6,11H2,1-5H3,(H2,19,21,25). The van der Waals surface area contributed by atoms with E-state index in [2.05, 4.69) is 56.9 Å². The van der Waals surface area contributed by atoms with Crippen molar-refractivity contribution in [2.24, 2.45) is 7.05 Å². The van der Waals surface area contributed by atoms with Crippen LogP contribution in [0.25, 0.3) is 0 Å². The van der Waals surface area contributed by atoms with Crippen molar-refractivity contribution in [2.45, 2.75) is 32.4 Å². The molecule has 0 aliphatic heterocycles. The lowest BCUT2D eigenvalue weighted by Crippen LogP contribution is -2.41. The molecule has 0 fully saturated rings. The van der Waals surface area contributed by atoms with E-state index in [4.69, 9.17) is 0 Å². The molecule has 2 atom stereocenters. The predicted octanol–water partition coefficient (Wildman–Crippen LogP) is 2.04. The van der Waals surface area contributed by atoms with Crippen molar-refractivity contribution in [1.82, 2.24) is 30.3 Å². The van der Waals surface area contributed by atoms with Crippen LogP contribution in [0.2, 0.25) is 0 Å². The highest BCUT2D eigenvalue weighted by molar-refractivity contribution is 5.74. The molecule has 1 heterocycles. The van der Waals surface area contributed by atoms with Gasteiger partial charge in [0.05, 0.1) is 12.1 Å². The number of rotatable bonds is 7. The first-order valence-corrected chi connectivity index (χ1v) is 8.55. The molecule has 0 spiro atoms. The normalized spacial score (nSPS) is 13.5. The summed E-state index contributed by atoms with van der Waals surface area (Å²) in [6.07, 6.45) is 2.64. The lowest BCUT2D eigenvalue weighted by molar-refractivity contribution is 0.229. The second-order valence-electron chi connectivity index (χ2n) is 6.45. The van der Waals surface area contributed by atoms with Gasteiger partial charge in [-0.3, -0.25) is 0 Å². The summed E-state index contributed by atoms with van der Waals surface area (Å²) >= 11 is 0. The minimum atomic E-state index is -0.215. The molecule has 0 aliphatic rings. The van der Waals surface area contributed by atoms with Crippen molar-refractivity contribution in [1.29, 1.82) is 0 Å². The summed E-state index contributed by atoms with van der Waals surface area (Å²) in [5.74, 6) is 0.717. The summed E-state index contributed by atoms with van der Waals surface area (Å²) in [5.41, 5.74) is 2.49. The van der Waals surface area contributed by atoms with Gasteiger partial charge in [0.1, 0.15) is 6.33 Å². The van der Waals surface area contributed by atoms with Crippen LogP contribution in [-0.4, -0.2) is 46.3 Å². The molecule has 0 saturated heterocycles. The fraction of sp³-hybridized carbons (Fsp3) is 0.500. The second kappa shape index (κ2) is 8.62. The number of benzene rings is 1. The van der Waals surface area contributed by atoms with E-state index in [1.807, 2.05) is 28.1 Å². The number of hydrogen-bond acceptors (Lipinski definition) is 4. The third kappa shape index (κ3) is 5.03. The Bertz CT molecular complexity index is 679. The summed E-state index contributed by atoms with van der Waals surface area (Å²) < 4.78 is 1.79. The number of nitrogens with zero attached hydrogens (tertiary/aromatic N) is 4. The van der Waals surface area contributed by atoms with Gasteiger partial charge < -0.3 is 20.1 Å². The molecule has 1 aromatic carbocycles. The number of likely N-dealkylation sites (N-methyl/N-ethyl adjacent to an activating group) is 1. The van der Waals surface area contributed by atoms with Gasteiger partial charge in [0, 0.05) is 13.6 Å². The van der Waals surface area contributed by atoms with Crippen molar-refractivity contribution >= 4 is 6.03 Å². The number of carbonyl (C=O) groups is 1. The molecule has 0 aliphatic carbocycles. The summed E-state index contributed by atoms with van der Waals surface area (Å²) in [7, 11) is 5.88. The molecule has 0 radical (unpaired) electrons. The Balaban J connectivity index is 1.93. The zero-order valence-electron chi connectivity index (χ0n) is 15.7. The lowest BCUT2D eigenvalue weighted by Gasteiger charge is -2.25. The molecular weight excluding hydrogens is 316 g/mol. The summed E-state index contributed by atoms with van der Waals surface area (Å²) in [5, 5.41) is 13.7. The third-order valence-corrected chi connectivity index (χ3v) is 4.33. The Kier molecular flexibility index (Phi) is 6.52. The topological polar surface area (TPSA) is 75.1 Å². The molecule has 2 N–H and O–H groups in total. The maximum Gasteiger partial charge on any atom is 0.315 e. The fourth-order valence-corrected chi connectivity index (χ4v) is 2.76. The highest BCUT2D eigenvalue weighted by Crippen LogP contribution is 2.18. The van der Waals surface area contributed by atoms with Gasteiger partial charge in [-0.25, -0.2) is 4.79 Å². The Morgan fingerprint density at radius 1 is 1.28 bits per heavy atom. The molecule has 7 heteroatoms. The van der Waals surface area contributed by atoms with Crippen LogP contribution in [-0.2, 0) is 13.5 Å². The number of nitrogens with one attached hydrogen (secondary N) is 2. The number of hydrogen-bond donors (Lipinski definition) is 2. The minimum Gasteiger partial charge on any atom is -0.336 e. The molecule has 1 aromatic heterocycles. The van der Waals surface area contributed by atoms with Gasteiger partial charge in [0.15, 0.2) is 5.82 Å². The monoisotopic (exact) mass is 344 g/mol. The van der Waals surface area contributed by atoms with Crippen LogP contribution in [0.5, 0.6) is 0 Å². The smallest absolute Gasteiger partial charge is 0.315 e. The lowest BCUT2D eigenvalue weighted by atomic mass is 10.0. The average Bonchev–Trinajstić information content (AvgIpc) is 3.01. The maximum absolute atomic E-state index is 12.2. The summed E-state index contributed by atoms with van der Waals surface area (Å²) in [4.78, 5) is 14.3. The SMILES string of the molecule is CCc1ccc(C(CNC(=O)NC(C)c2nncn2C)N(C)C)cc1. The average molecular weight is 344 g/mol. The zero-order chi connectivity index (χ0) is 18.4. The fourth-order valence-electron chi connectivity index (χ4n) is 2.76. The highest BCUT2D eigenvalue weighted by Gasteiger charge is 2.17. The van der Waals surface area contributed by atoms with Gasteiger partial charge in [0.25, 0.3) is 0 Å². The molecule has 136 valence electrons. The second-order valence-corrected chi connectivity index (χ2v) is 6.45. The van der Waals surface area contributed by atoms with E-state index >= 15 is 0 Å². The molecule has 2 rings (SSSR count). The largest absolute Gasteiger partial charge is 0.336 e. The van der Waals surface area contributed by atoms with E-state index in [0.29, 0.717) is 6.54 Å². The van der Waals surface area contributed by atoms with E-state index < -0.39 is 0 Å². The van der Waals surface area contributed by atoms with E-state index in [9.17, 15) is 4.79 Å². The molecule has 0 saturated carbocycles. The van der Waals surface area contributed by atoms with E-state index in [-0.39, 0.29) is 18.1 Å². The Labute approximate surface area is 149 Å². The number of carbonyl (C=O) groups excluding carboxylic acids is 1. The van der Waals surface area contributed by atoms with Gasteiger partial charge in [-0.2, -0.15) is 0 Å². The first-order chi connectivity index (χ1) is 11.9. The Morgan fingerprint density at radius 3 is 2.48 bits per heavy atom. The molecule has 7 nitrogen and oxygen atoms in total. The summed E-state index contributed by atoms with van der Waals surface area (Å²) in [6.45, 7) is 4.55. The van der Waals surface area contributed by atoms with Crippen LogP contribution in [0, 0.1) is 0 Å². The van der Waals surface area contributed by atoms with Crippen LogP contribution in [0.15, 0.2) is 30.6 Å². The van der Waals surface area contributed by atoms with Gasteiger partial charge in [-0.05, 0) is 38.6 Å². The molecule has 2 aromatic rings. The predicted molar refractivity (Wildman–Crippen MR) is 98.2 cm³/mol. The third-order valence-electron chi connectivity index (χ3n) is 4.33. The zero-order valence-corrected chi connectivity index (χ0v) is 15.7. The quantitative estimate of drug-likeness (QED) is 0.806. The van der Waals surface area contributed by atoms with Crippen molar-refractivity contribution in [3.05, 3.63) is 47.5 Å². The number of urea groups is 1. The van der Waals surface area contributed by atoms with Crippen molar-refractivity contribution < 1.29 is 4.79 Å². The Hall–Kier alpha value is -2.41. The van der Waals surface area contributed by atoms with Gasteiger partial charge >= 0.3 is 6.03 Å². The van der Waals surface area contributed by atoms with Crippen molar-refractivity contribution in [2.75, 3.05) is 20.6 Å². The van der Waals surface area contributed by atoms with E-state index in [1.165, 1.54) is 11.1 Å². The minimum absolute atomic E-state index is 0.113. The van der Waals surface area contributed by atoms with Gasteiger partial charge in [0.2, 0.25) is 0 Å². The highest BCUT2D eigenvalue weighted by atomic mass is 16.2. The maximum atomic E-state index is 12.2. The van der Waals surface area contributed by atoms with Crippen LogP contribution in [0.3, 0.4) is 0 Å². The van der Waals surface area contributed by atoms with Crippen LogP contribution >= 0.6 is 0 Å². The first kappa shape index (κ1) is 18.9. The van der Waals surface area contributed by atoms with Crippen LogP contribution < -0.4 is 10.6 Å². The van der Waals surface area contributed by atoms with Crippen LogP contribution in [0.4, 0.5) is 4.79 Å². The number of aromatic nitrogens is 3. The summed E-state index contributed by atoms with van der Waals surface area (Å²) in [6, 6.07) is 8.23. The molecule has 2 amide bonds. The molecule has 2 unspecified atom stereocenters. The molecule has 25 heavy (non-hydrogen) atoms. The van der Waals surface area contributed by atoms with E-state index in [1.54, 1.807) is 10.9 Å². The number of amides is 2. The van der Waals surface area contributed by atoms with Crippen molar-refractivity contribution in [3.63, 3.8) is 0 Å². The first-order valence-electron chi connectivity index (χ1n) is 8.55. The van der Waals surface area contributed by atoms with Crippen molar-refractivity contribution in [3.8, 4) is 0 Å². The van der Waals surface area contributed by atoms with Gasteiger partial charge in [-0.15, -0.1) is 10.2 Å². The molecular formula is C18H28N6O.